The molecule has 1 aromatic rings. The molecule has 0 aliphatic carbocycles. The molecular formula is C27H44O3Sn. The number of hydrogen-bond acceptors (Lipinski definition) is 3. The molecule has 1 aromatic carbocycles. The second-order valence-corrected chi connectivity index (χ2v) is 22.5. The van der Waals surface area contributed by atoms with Crippen molar-refractivity contribution in [2.24, 2.45) is 0 Å². The summed E-state index contributed by atoms with van der Waals surface area (Å²) < 4.78 is 15.9. The summed E-state index contributed by atoms with van der Waals surface area (Å²) in [6.07, 6.45) is 10.5. The average molecular weight is 535 g/mol. The van der Waals surface area contributed by atoms with Gasteiger partial charge >= 0.3 is 196 Å². The van der Waals surface area contributed by atoms with Gasteiger partial charge in [-0.1, -0.05) is 0 Å². The average Bonchev–Trinajstić information content (AvgIpc) is 2.81. The van der Waals surface area contributed by atoms with Gasteiger partial charge in [0, 0.05) is 0 Å². The van der Waals surface area contributed by atoms with E-state index in [4.69, 9.17) is 9.47 Å². The van der Waals surface area contributed by atoms with Gasteiger partial charge in [-0.15, -0.1) is 0 Å². The Labute approximate surface area is 195 Å². The van der Waals surface area contributed by atoms with Crippen molar-refractivity contribution in [1.82, 2.24) is 0 Å². The first-order valence-electron chi connectivity index (χ1n) is 12.1. The third-order valence-electron chi connectivity index (χ3n) is 6.22. The fraction of sp³-hybridized carbons (Fsp3) is 0.593. The molecule has 4 heteroatoms. The number of rotatable bonds is 18. The van der Waals surface area contributed by atoms with Gasteiger partial charge in [0.1, 0.15) is 0 Å². The molecule has 0 bridgehead atoms. The summed E-state index contributed by atoms with van der Waals surface area (Å²) in [6.45, 7) is 15.4. The second-order valence-electron chi connectivity index (χ2n) is 8.57. The minimum absolute atomic E-state index is 0.127. The van der Waals surface area contributed by atoms with Gasteiger partial charge in [0.25, 0.3) is 0 Å². The predicted octanol–water partition coefficient (Wildman–Crippen LogP) is 7.71. The number of ether oxygens (including phenoxy) is 2. The first-order valence-corrected chi connectivity index (χ1v) is 19.8. The summed E-state index contributed by atoms with van der Waals surface area (Å²) in [5, 5.41) is 0. The first-order chi connectivity index (χ1) is 15.1. The zero-order valence-electron chi connectivity index (χ0n) is 20.1. The molecule has 0 heterocycles. The zero-order valence-corrected chi connectivity index (χ0v) is 23.0. The van der Waals surface area contributed by atoms with Crippen LogP contribution in [0.2, 0.25) is 17.2 Å². The Bertz CT molecular complexity index is 607. The fourth-order valence-corrected chi connectivity index (χ4v) is 22.4. The third-order valence-corrected chi connectivity index (χ3v) is 23.3. The number of unbranched alkanes of at least 4 members (excludes halogenated alkanes) is 3. The van der Waals surface area contributed by atoms with Crippen LogP contribution in [-0.4, -0.2) is 37.1 Å². The van der Waals surface area contributed by atoms with Gasteiger partial charge < -0.3 is 0 Å². The number of carbonyl (C=O) groups is 1. The summed E-state index contributed by atoms with van der Waals surface area (Å²) in [4.78, 5) is 13.3. The monoisotopic (exact) mass is 536 g/mol. The molecule has 0 aliphatic rings. The number of esters is 1. The molecule has 1 rings (SSSR count). The minimum atomic E-state index is -2.80. The van der Waals surface area contributed by atoms with Crippen LogP contribution in [0.5, 0.6) is 0 Å². The fourth-order valence-electron chi connectivity index (χ4n) is 4.46. The van der Waals surface area contributed by atoms with Gasteiger partial charge in [-0.25, -0.2) is 0 Å². The molecule has 0 radical (unpaired) electrons. The summed E-state index contributed by atoms with van der Waals surface area (Å²) in [7, 11) is 0. The van der Waals surface area contributed by atoms with Crippen molar-refractivity contribution >= 4 is 24.3 Å². The number of carbonyl (C=O) groups excluding carboxylic acids is 1. The molecule has 0 saturated carbocycles. The van der Waals surface area contributed by atoms with Crippen molar-refractivity contribution in [2.45, 2.75) is 89.3 Å². The molecule has 0 N–H and O–H groups in total. The van der Waals surface area contributed by atoms with E-state index in [-0.39, 0.29) is 16.5 Å². The normalized spacial score (nSPS) is 13.4. The van der Waals surface area contributed by atoms with Crippen molar-refractivity contribution in [3.63, 3.8) is 0 Å². The second kappa shape index (κ2) is 16.5. The van der Waals surface area contributed by atoms with Crippen LogP contribution in [0.3, 0.4) is 0 Å². The summed E-state index contributed by atoms with van der Waals surface area (Å²) in [5.41, 5.74) is 0.992. The molecule has 0 aliphatic heterocycles. The van der Waals surface area contributed by atoms with Crippen LogP contribution in [0.25, 0.3) is 0 Å². The molecule has 31 heavy (non-hydrogen) atoms. The van der Waals surface area contributed by atoms with Gasteiger partial charge in [-0.2, -0.15) is 0 Å². The van der Waals surface area contributed by atoms with Crippen LogP contribution in [0.15, 0.2) is 55.6 Å². The Balaban J connectivity index is 3.19. The predicted molar refractivity (Wildman–Crippen MR) is 135 cm³/mol. The topological polar surface area (TPSA) is 35.5 Å². The molecule has 0 fully saturated rings. The van der Waals surface area contributed by atoms with Crippen molar-refractivity contribution < 1.29 is 14.3 Å². The van der Waals surface area contributed by atoms with E-state index in [1.165, 1.54) is 51.8 Å². The van der Waals surface area contributed by atoms with Crippen LogP contribution in [-0.2, 0) is 20.9 Å². The summed E-state index contributed by atoms with van der Waals surface area (Å²) >= 11 is -2.80. The van der Waals surface area contributed by atoms with Crippen molar-refractivity contribution in [2.75, 3.05) is 6.61 Å². The van der Waals surface area contributed by atoms with Crippen LogP contribution in [0.1, 0.15) is 64.9 Å². The van der Waals surface area contributed by atoms with E-state index in [2.05, 4.69) is 40.0 Å². The third kappa shape index (κ3) is 9.53. The van der Waals surface area contributed by atoms with Gasteiger partial charge in [-0.3, -0.25) is 0 Å². The van der Waals surface area contributed by atoms with Gasteiger partial charge in [0.2, 0.25) is 0 Å². The Hall–Kier alpha value is -1.07. The van der Waals surface area contributed by atoms with Gasteiger partial charge in [-0.05, 0) is 0 Å². The molecule has 0 amide bonds. The van der Waals surface area contributed by atoms with E-state index in [0.717, 1.165) is 5.56 Å². The molecule has 0 saturated heterocycles. The molecule has 0 aromatic heterocycles. The number of benzene rings is 1. The van der Waals surface area contributed by atoms with Crippen molar-refractivity contribution in [1.29, 1.82) is 0 Å². The van der Waals surface area contributed by atoms with E-state index in [9.17, 15) is 4.79 Å². The maximum absolute atomic E-state index is 13.3. The molecule has 2 atom stereocenters. The molecule has 3 nitrogen and oxygen atoms in total. The molecule has 0 unspecified atom stereocenters. The zero-order chi connectivity index (χ0) is 23.0. The van der Waals surface area contributed by atoms with Gasteiger partial charge in [0.05, 0.1) is 0 Å². The molecular weight excluding hydrogens is 491 g/mol. The van der Waals surface area contributed by atoms with E-state index in [0.29, 0.717) is 6.61 Å². The number of hydrogen-bond donors (Lipinski definition) is 0. The van der Waals surface area contributed by atoms with Crippen molar-refractivity contribution in [3.05, 3.63) is 61.2 Å². The maximum atomic E-state index is 13.3. The SMILES string of the molecule is C=CCO[C@H](C(=O)OCc1ccccc1)[C@@H](C=C)[Sn]([CH2]CCC)([CH2]CCC)[CH2]CCC. The Morgan fingerprint density at radius 3 is 1.97 bits per heavy atom. The quantitative estimate of drug-likeness (QED) is 0.110. The Kier molecular flexibility index (Phi) is 14.9. The Morgan fingerprint density at radius 1 is 0.968 bits per heavy atom. The van der Waals surface area contributed by atoms with E-state index in [1.807, 2.05) is 30.3 Å². The van der Waals surface area contributed by atoms with Gasteiger partial charge in [0.15, 0.2) is 0 Å². The summed E-state index contributed by atoms with van der Waals surface area (Å²) in [6, 6.07) is 9.84. The van der Waals surface area contributed by atoms with Crippen LogP contribution < -0.4 is 0 Å². The van der Waals surface area contributed by atoms with Crippen LogP contribution in [0.4, 0.5) is 0 Å². The summed E-state index contributed by atoms with van der Waals surface area (Å²) in [5.74, 6) is -0.249. The van der Waals surface area contributed by atoms with E-state index >= 15 is 0 Å². The van der Waals surface area contributed by atoms with Crippen LogP contribution in [0, 0.1) is 0 Å². The van der Waals surface area contributed by atoms with Crippen molar-refractivity contribution in [3.8, 4) is 0 Å². The van der Waals surface area contributed by atoms with E-state index in [1.54, 1.807) is 6.08 Å². The van der Waals surface area contributed by atoms with E-state index < -0.39 is 24.5 Å². The molecule has 174 valence electrons. The molecule has 0 spiro atoms. The standard InChI is InChI=1S/C15H17O3.3C4H9.Sn/c1-3-8-14(17-11-4-2)15(16)18-12-13-9-6-5-7-10-13;3*1-3-4-2;/h3-10,14H,1-2,11-12H2;3*1,3-4H2,2H3;/t14-;;;;/m0..../s1. The first kappa shape index (κ1) is 28.0. The Morgan fingerprint density at radius 2 is 1.52 bits per heavy atom. The van der Waals surface area contributed by atoms with Crippen LogP contribution >= 0.6 is 0 Å².